The quantitative estimate of drug-likeness (QED) is 0.861. The molecule has 0 atom stereocenters. The fraction of sp³-hybridized carbons (Fsp3) is 0.273. The zero-order valence-electron chi connectivity index (χ0n) is 9.73. The number of hydrogen-bond donors (Lipinski definition) is 1. The fourth-order valence-corrected chi connectivity index (χ4v) is 3.05. The van der Waals surface area contributed by atoms with Gasteiger partial charge < -0.3 is 10.3 Å². The maximum Gasteiger partial charge on any atom is 0.180 e. The van der Waals surface area contributed by atoms with E-state index in [0.717, 1.165) is 0 Å². The average molecular weight is 266 g/mol. The average Bonchev–Trinajstić information content (AvgIpc) is 2.82. The standard InChI is InChI=1S/C11H14N4O2S/c12-10-8-13-3-2-11(10)18(16,17)7-1-5-15-6-4-14-9-15/h2-4,6,8-9H,1,5,7,12H2. The van der Waals surface area contributed by atoms with Gasteiger partial charge in [-0.2, -0.15) is 0 Å². The molecule has 2 heterocycles. The molecule has 0 aromatic carbocycles. The third-order valence-corrected chi connectivity index (χ3v) is 4.40. The minimum atomic E-state index is -3.34. The van der Waals surface area contributed by atoms with Gasteiger partial charge in [0.15, 0.2) is 9.84 Å². The molecule has 2 aromatic heterocycles. The van der Waals surface area contributed by atoms with E-state index in [0.29, 0.717) is 13.0 Å². The van der Waals surface area contributed by atoms with E-state index in [1.165, 1.54) is 18.5 Å². The van der Waals surface area contributed by atoms with E-state index in [4.69, 9.17) is 5.73 Å². The first-order valence-electron chi connectivity index (χ1n) is 5.47. The molecule has 0 saturated carbocycles. The van der Waals surface area contributed by atoms with Crippen molar-refractivity contribution in [2.75, 3.05) is 11.5 Å². The van der Waals surface area contributed by atoms with Crippen molar-refractivity contribution in [1.82, 2.24) is 14.5 Å². The smallest absolute Gasteiger partial charge is 0.180 e. The summed E-state index contributed by atoms with van der Waals surface area (Å²) in [7, 11) is -3.34. The van der Waals surface area contributed by atoms with Crippen molar-refractivity contribution in [2.45, 2.75) is 17.9 Å². The van der Waals surface area contributed by atoms with E-state index >= 15 is 0 Å². The van der Waals surface area contributed by atoms with E-state index in [1.807, 2.05) is 4.57 Å². The van der Waals surface area contributed by atoms with E-state index in [9.17, 15) is 8.42 Å². The summed E-state index contributed by atoms with van der Waals surface area (Å²) < 4.78 is 25.9. The summed E-state index contributed by atoms with van der Waals surface area (Å²) in [4.78, 5) is 7.83. The summed E-state index contributed by atoms with van der Waals surface area (Å²) in [6.45, 7) is 0.615. The van der Waals surface area contributed by atoms with Gasteiger partial charge in [-0.25, -0.2) is 13.4 Å². The van der Waals surface area contributed by atoms with Crippen LogP contribution in [0.15, 0.2) is 42.1 Å². The first-order chi connectivity index (χ1) is 8.59. The number of pyridine rings is 1. The molecule has 7 heteroatoms. The van der Waals surface area contributed by atoms with Crippen LogP contribution in [0.2, 0.25) is 0 Å². The third kappa shape index (κ3) is 2.86. The third-order valence-electron chi connectivity index (χ3n) is 2.53. The van der Waals surface area contributed by atoms with E-state index in [-0.39, 0.29) is 16.3 Å². The summed E-state index contributed by atoms with van der Waals surface area (Å²) in [6, 6.07) is 1.43. The van der Waals surface area contributed by atoms with Crippen LogP contribution in [0.1, 0.15) is 6.42 Å². The van der Waals surface area contributed by atoms with Crippen LogP contribution in [-0.4, -0.2) is 28.7 Å². The molecule has 2 rings (SSSR count). The highest BCUT2D eigenvalue weighted by atomic mass is 32.2. The van der Waals surface area contributed by atoms with Crippen LogP contribution < -0.4 is 5.73 Å². The minimum Gasteiger partial charge on any atom is -0.396 e. The lowest BCUT2D eigenvalue weighted by Gasteiger charge is -2.07. The van der Waals surface area contributed by atoms with Gasteiger partial charge in [-0.05, 0) is 12.5 Å². The summed E-state index contributed by atoms with van der Waals surface area (Å²) in [5.74, 6) is 0.0550. The molecule has 0 aliphatic heterocycles. The number of nitrogens with zero attached hydrogens (tertiary/aromatic N) is 3. The molecule has 0 bridgehead atoms. The second-order valence-corrected chi connectivity index (χ2v) is 5.96. The second kappa shape index (κ2) is 5.18. The highest BCUT2D eigenvalue weighted by Crippen LogP contribution is 2.18. The predicted molar refractivity (Wildman–Crippen MR) is 67.5 cm³/mol. The number of aromatic nitrogens is 3. The van der Waals surface area contributed by atoms with Gasteiger partial charge in [-0.1, -0.05) is 0 Å². The maximum absolute atomic E-state index is 12.0. The van der Waals surface area contributed by atoms with Crippen molar-refractivity contribution in [2.24, 2.45) is 0 Å². The summed E-state index contributed by atoms with van der Waals surface area (Å²) in [5, 5.41) is 0. The monoisotopic (exact) mass is 266 g/mol. The van der Waals surface area contributed by atoms with Crippen molar-refractivity contribution >= 4 is 15.5 Å². The number of hydrogen-bond acceptors (Lipinski definition) is 5. The van der Waals surface area contributed by atoms with Gasteiger partial charge in [0.2, 0.25) is 0 Å². The number of nitrogens with two attached hydrogens (primary N) is 1. The Bertz CT molecular complexity index is 608. The predicted octanol–water partition coefficient (Wildman–Crippen LogP) is 0.724. The van der Waals surface area contributed by atoms with Gasteiger partial charge in [0.25, 0.3) is 0 Å². The van der Waals surface area contributed by atoms with Gasteiger partial charge in [0.05, 0.1) is 28.9 Å². The van der Waals surface area contributed by atoms with Crippen LogP contribution in [0.4, 0.5) is 5.69 Å². The number of anilines is 1. The van der Waals surface area contributed by atoms with Crippen molar-refractivity contribution in [3.63, 3.8) is 0 Å². The molecule has 2 aromatic rings. The number of imidazole rings is 1. The van der Waals surface area contributed by atoms with Gasteiger partial charge >= 0.3 is 0 Å². The lowest BCUT2D eigenvalue weighted by Crippen LogP contribution is -2.11. The number of nitrogen functional groups attached to an aromatic ring is 1. The Hall–Kier alpha value is -1.89. The molecule has 2 N–H and O–H groups in total. The lowest BCUT2D eigenvalue weighted by atomic mass is 10.4. The SMILES string of the molecule is Nc1cnccc1S(=O)(=O)CCCn1ccnc1. The number of aryl methyl sites for hydroxylation is 1. The largest absolute Gasteiger partial charge is 0.396 e. The van der Waals surface area contributed by atoms with E-state index < -0.39 is 9.84 Å². The Morgan fingerprint density at radius 1 is 1.28 bits per heavy atom. The van der Waals surface area contributed by atoms with Crippen molar-refractivity contribution in [3.05, 3.63) is 37.2 Å². The molecule has 18 heavy (non-hydrogen) atoms. The zero-order valence-corrected chi connectivity index (χ0v) is 10.5. The zero-order chi connectivity index (χ0) is 13.0. The molecule has 0 aliphatic carbocycles. The van der Waals surface area contributed by atoms with E-state index in [1.54, 1.807) is 18.7 Å². The molecule has 0 spiro atoms. The summed E-state index contributed by atoms with van der Waals surface area (Å²) in [5.41, 5.74) is 5.81. The highest BCUT2D eigenvalue weighted by Gasteiger charge is 2.16. The molecule has 0 aliphatic rings. The normalized spacial score (nSPS) is 11.6. The van der Waals surface area contributed by atoms with Crippen LogP contribution in [0.25, 0.3) is 0 Å². The first-order valence-corrected chi connectivity index (χ1v) is 7.13. The summed E-state index contributed by atoms with van der Waals surface area (Å²) >= 11 is 0. The number of sulfone groups is 1. The maximum atomic E-state index is 12.0. The lowest BCUT2D eigenvalue weighted by molar-refractivity contribution is 0.586. The Morgan fingerprint density at radius 2 is 2.11 bits per heavy atom. The highest BCUT2D eigenvalue weighted by molar-refractivity contribution is 7.91. The van der Waals surface area contributed by atoms with Crippen LogP contribution in [0.5, 0.6) is 0 Å². The van der Waals surface area contributed by atoms with Gasteiger partial charge in [0.1, 0.15) is 0 Å². The summed E-state index contributed by atoms with van der Waals surface area (Å²) in [6.07, 6.45) is 8.42. The molecule has 0 fully saturated rings. The Kier molecular flexibility index (Phi) is 3.61. The molecular formula is C11H14N4O2S. The number of rotatable bonds is 5. The van der Waals surface area contributed by atoms with Gasteiger partial charge in [-0.3, -0.25) is 4.98 Å². The van der Waals surface area contributed by atoms with Crippen LogP contribution in [0, 0.1) is 0 Å². The Balaban J connectivity index is 2.02. The molecule has 6 nitrogen and oxygen atoms in total. The first kappa shape index (κ1) is 12.6. The molecule has 0 unspecified atom stereocenters. The van der Waals surface area contributed by atoms with Crippen LogP contribution in [0.3, 0.4) is 0 Å². The van der Waals surface area contributed by atoms with Crippen molar-refractivity contribution in [3.8, 4) is 0 Å². The molecule has 0 amide bonds. The van der Waals surface area contributed by atoms with Crippen molar-refractivity contribution in [1.29, 1.82) is 0 Å². The minimum absolute atomic E-state index is 0.0550. The second-order valence-electron chi connectivity index (χ2n) is 3.89. The molecule has 0 saturated heterocycles. The molecule has 96 valence electrons. The van der Waals surface area contributed by atoms with Crippen molar-refractivity contribution < 1.29 is 8.42 Å². The fourth-order valence-electron chi connectivity index (χ4n) is 1.64. The Labute approximate surface area is 105 Å². The van der Waals surface area contributed by atoms with Crippen LogP contribution >= 0.6 is 0 Å². The van der Waals surface area contributed by atoms with Gasteiger partial charge in [0, 0.05) is 25.1 Å². The van der Waals surface area contributed by atoms with Crippen LogP contribution in [-0.2, 0) is 16.4 Å². The molecule has 0 radical (unpaired) electrons. The van der Waals surface area contributed by atoms with Gasteiger partial charge in [-0.15, -0.1) is 0 Å². The Morgan fingerprint density at radius 3 is 2.78 bits per heavy atom. The molecular weight excluding hydrogens is 252 g/mol. The topological polar surface area (TPSA) is 90.9 Å². The van der Waals surface area contributed by atoms with E-state index in [2.05, 4.69) is 9.97 Å².